The Morgan fingerprint density at radius 1 is 1.00 bits per heavy atom. The number of nitrogens with zero attached hydrogens (tertiary/aromatic N) is 2. The lowest BCUT2D eigenvalue weighted by Gasteiger charge is -2.34. The quantitative estimate of drug-likeness (QED) is 0.790. The Morgan fingerprint density at radius 2 is 1.70 bits per heavy atom. The largest absolute Gasteiger partial charge is 0.459 e. The van der Waals surface area contributed by atoms with Gasteiger partial charge in [0.25, 0.3) is 5.91 Å². The zero-order valence-electron chi connectivity index (χ0n) is 14.7. The Hall–Kier alpha value is -2.65. The van der Waals surface area contributed by atoms with Crippen LogP contribution in [0.3, 0.4) is 0 Å². The summed E-state index contributed by atoms with van der Waals surface area (Å²) in [5, 5.41) is 2.62. The van der Waals surface area contributed by atoms with Gasteiger partial charge < -0.3 is 14.6 Å². The Labute approximate surface area is 157 Å². The minimum atomic E-state index is -3.54. The zero-order valence-corrected chi connectivity index (χ0v) is 15.5. The van der Waals surface area contributed by atoms with Crippen LogP contribution in [0.2, 0.25) is 0 Å². The van der Waals surface area contributed by atoms with Gasteiger partial charge >= 0.3 is 0 Å². The second-order valence-corrected chi connectivity index (χ2v) is 8.02. The van der Waals surface area contributed by atoms with Crippen molar-refractivity contribution in [2.24, 2.45) is 0 Å². The number of carbonyl (C=O) groups excluding carboxylic acids is 2. The predicted octanol–water partition coefficient (Wildman–Crippen LogP) is 0.933. The molecule has 3 rings (SSSR count). The third-order valence-electron chi connectivity index (χ3n) is 4.34. The molecule has 0 atom stereocenters. The van der Waals surface area contributed by atoms with Gasteiger partial charge in [0.2, 0.25) is 15.9 Å². The first kappa shape index (κ1) is 19.1. The fourth-order valence-corrected chi connectivity index (χ4v) is 4.30. The molecule has 1 saturated heterocycles. The van der Waals surface area contributed by atoms with E-state index in [9.17, 15) is 18.0 Å². The minimum Gasteiger partial charge on any atom is -0.459 e. The van der Waals surface area contributed by atoms with E-state index in [2.05, 4.69) is 5.32 Å². The van der Waals surface area contributed by atoms with Crippen LogP contribution >= 0.6 is 0 Å². The monoisotopic (exact) mass is 391 g/mol. The Balaban J connectivity index is 1.46. The van der Waals surface area contributed by atoms with Crippen LogP contribution in [0.25, 0.3) is 0 Å². The van der Waals surface area contributed by atoms with E-state index in [4.69, 9.17) is 4.42 Å². The molecule has 0 spiro atoms. The second kappa shape index (κ2) is 8.36. The van der Waals surface area contributed by atoms with E-state index in [1.807, 2.05) is 0 Å². The molecule has 1 N–H and O–H groups in total. The molecule has 144 valence electrons. The maximum atomic E-state index is 12.6. The summed E-state index contributed by atoms with van der Waals surface area (Å²) < 4.78 is 31.6. The maximum Gasteiger partial charge on any atom is 0.286 e. The molecular formula is C18H21N3O5S. The number of hydrogen-bond acceptors (Lipinski definition) is 5. The van der Waals surface area contributed by atoms with E-state index >= 15 is 0 Å². The van der Waals surface area contributed by atoms with Crippen molar-refractivity contribution in [1.29, 1.82) is 0 Å². The first-order chi connectivity index (χ1) is 13.0. The summed E-state index contributed by atoms with van der Waals surface area (Å²) in [5.41, 5.74) is 0. The standard InChI is InChI=1S/C18H21N3O5S/c22-17(8-9-19-18(23)16-7-4-14-26-16)20-10-12-21(13-11-20)27(24,25)15-5-2-1-3-6-15/h1-7,14H,8-13H2,(H,19,23). The third-order valence-corrected chi connectivity index (χ3v) is 6.25. The van der Waals surface area contributed by atoms with Gasteiger partial charge in [-0.15, -0.1) is 0 Å². The van der Waals surface area contributed by atoms with Crippen LogP contribution in [-0.2, 0) is 14.8 Å². The number of rotatable bonds is 6. The second-order valence-electron chi connectivity index (χ2n) is 6.08. The molecule has 1 aliphatic heterocycles. The molecule has 2 heterocycles. The Kier molecular flexibility index (Phi) is 5.92. The maximum absolute atomic E-state index is 12.6. The van der Waals surface area contributed by atoms with Crippen molar-refractivity contribution in [3.05, 3.63) is 54.5 Å². The van der Waals surface area contributed by atoms with Crippen molar-refractivity contribution in [2.75, 3.05) is 32.7 Å². The van der Waals surface area contributed by atoms with Gasteiger partial charge in [-0.05, 0) is 24.3 Å². The van der Waals surface area contributed by atoms with E-state index < -0.39 is 10.0 Å². The van der Waals surface area contributed by atoms with E-state index in [1.165, 1.54) is 10.6 Å². The molecule has 1 fully saturated rings. The van der Waals surface area contributed by atoms with Crippen molar-refractivity contribution in [3.63, 3.8) is 0 Å². The lowest BCUT2D eigenvalue weighted by Crippen LogP contribution is -2.50. The van der Waals surface area contributed by atoms with Crippen LogP contribution in [0.1, 0.15) is 17.0 Å². The number of benzene rings is 1. The normalized spacial score (nSPS) is 15.5. The first-order valence-electron chi connectivity index (χ1n) is 8.63. The number of hydrogen-bond donors (Lipinski definition) is 1. The van der Waals surface area contributed by atoms with Crippen LogP contribution in [0.5, 0.6) is 0 Å². The topological polar surface area (TPSA) is 99.9 Å². The van der Waals surface area contributed by atoms with Crippen molar-refractivity contribution in [2.45, 2.75) is 11.3 Å². The summed E-state index contributed by atoms with van der Waals surface area (Å²) >= 11 is 0. The fraction of sp³-hybridized carbons (Fsp3) is 0.333. The Morgan fingerprint density at radius 3 is 2.33 bits per heavy atom. The lowest BCUT2D eigenvalue weighted by atomic mass is 10.3. The molecule has 1 aliphatic rings. The average molecular weight is 391 g/mol. The van der Waals surface area contributed by atoms with E-state index in [1.54, 1.807) is 47.4 Å². The van der Waals surface area contributed by atoms with Gasteiger partial charge in [0.15, 0.2) is 5.76 Å². The van der Waals surface area contributed by atoms with Crippen molar-refractivity contribution in [1.82, 2.24) is 14.5 Å². The summed E-state index contributed by atoms with van der Waals surface area (Å²) in [6, 6.07) is 11.4. The minimum absolute atomic E-state index is 0.119. The number of amides is 2. The molecular weight excluding hydrogens is 370 g/mol. The highest BCUT2D eigenvalue weighted by molar-refractivity contribution is 7.89. The van der Waals surface area contributed by atoms with Crippen molar-refractivity contribution < 1.29 is 22.4 Å². The highest BCUT2D eigenvalue weighted by Gasteiger charge is 2.29. The molecule has 27 heavy (non-hydrogen) atoms. The summed E-state index contributed by atoms with van der Waals surface area (Å²) in [7, 11) is -3.54. The SMILES string of the molecule is O=C(NCCC(=O)N1CCN(S(=O)(=O)c2ccccc2)CC1)c1ccco1. The average Bonchev–Trinajstić information content (AvgIpc) is 3.23. The van der Waals surface area contributed by atoms with Crippen LogP contribution < -0.4 is 5.32 Å². The van der Waals surface area contributed by atoms with Gasteiger partial charge in [-0.3, -0.25) is 9.59 Å². The van der Waals surface area contributed by atoms with Crippen LogP contribution in [0.15, 0.2) is 58.0 Å². The van der Waals surface area contributed by atoms with Crippen LogP contribution in [0.4, 0.5) is 0 Å². The number of furan rings is 1. The first-order valence-corrected chi connectivity index (χ1v) is 10.1. The fourth-order valence-electron chi connectivity index (χ4n) is 2.86. The van der Waals surface area contributed by atoms with E-state index in [0.29, 0.717) is 13.1 Å². The third kappa shape index (κ3) is 4.55. The summed E-state index contributed by atoms with van der Waals surface area (Å²) in [4.78, 5) is 25.9. The van der Waals surface area contributed by atoms with Gasteiger partial charge in [0, 0.05) is 39.1 Å². The van der Waals surface area contributed by atoms with Gasteiger partial charge in [-0.2, -0.15) is 4.31 Å². The van der Waals surface area contributed by atoms with Crippen molar-refractivity contribution in [3.8, 4) is 0 Å². The molecule has 0 bridgehead atoms. The highest BCUT2D eigenvalue weighted by atomic mass is 32.2. The summed E-state index contributed by atoms with van der Waals surface area (Å²) in [6.07, 6.45) is 1.56. The van der Waals surface area contributed by atoms with E-state index in [-0.39, 0.29) is 48.5 Å². The summed E-state index contributed by atoms with van der Waals surface area (Å²) in [6.45, 7) is 1.36. The van der Waals surface area contributed by atoms with Gasteiger partial charge in [0.05, 0.1) is 11.2 Å². The summed E-state index contributed by atoms with van der Waals surface area (Å²) in [5.74, 6) is -0.291. The molecule has 0 saturated carbocycles. The highest BCUT2D eigenvalue weighted by Crippen LogP contribution is 2.17. The molecule has 1 aromatic carbocycles. The van der Waals surface area contributed by atoms with E-state index in [0.717, 1.165) is 0 Å². The van der Waals surface area contributed by atoms with Gasteiger partial charge in [-0.1, -0.05) is 18.2 Å². The molecule has 2 amide bonds. The Bertz CT molecular complexity index is 873. The zero-order chi connectivity index (χ0) is 19.3. The number of nitrogens with one attached hydrogen (secondary N) is 1. The van der Waals surface area contributed by atoms with Crippen LogP contribution in [-0.4, -0.2) is 62.2 Å². The van der Waals surface area contributed by atoms with Gasteiger partial charge in [0.1, 0.15) is 0 Å². The predicted molar refractivity (Wildman–Crippen MR) is 97.4 cm³/mol. The van der Waals surface area contributed by atoms with Crippen molar-refractivity contribution >= 4 is 21.8 Å². The molecule has 0 radical (unpaired) electrons. The smallest absolute Gasteiger partial charge is 0.286 e. The molecule has 9 heteroatoms. The molecule has 1 aromatic heterocycles. The van der Waals surface area contributed by atoms with Gasteiger partial charge in [-0.25, -0.2) is 8.42 Å². The lowest BCUT2D eigenvalue weighted by molar-refractivity contribution is -0.132. The molecule has 8 nitrogen and oxygen atoms in total. The number of sulfonamides is 1. The molecule has 2 aromatic rings. The molecule has 0 unspecified atom stereocenters. The number of carbonyl (C=O) groups is 2. The number of piperazine rings is 1. The van der Waals surface area contributed by atoms with Crippen LogP contribution in [0, 0.1) is 0 Å². The molecule has 0 aliphatic carbocycles.